The van der Waals surface area contributed by atoms with Crippen LogP contribution in [0.3, 0.4) is 0 Å². The number of rotatable bonds is 13. The van der Waals surface area contributed by atoms with Crippen molar-refractivity contribution in [3.8, 4) is 0 Å². The van der Waals surface area contributed by atoms with Crippen molar-refractivity contribution >= 4 is 63.9 Å². The first-order valence-electron chi connectivity index (χ1n) is 18.9. The number of carboxylic acids is 1. The number of nitrogens with one attached hydrogen (secondary N) is 1. The second-order valence-electron chi connectivity index (χ2n) is 14.1. The van der Waals surface area contributed by atoms with E-state index < -0.39 is 40.9 Å². The van der Waals surface area contributed by atoms with E-state index in [1.165, 1.54) is 22.7 Å². The lowest BCUT2D eigenvalue weighted by Crippen LogP contribution is -2.71. The van der Waals surface area contributed by atoms with Gasteiger partial charge in [-0.25, -0.2) is 9.59 Å². The molecule has 5 heterocycles. The monoisotopic (exact) mass is 846 g/mol. The van der Waals surface area contributed by atoms with Crippen LogP contribution in [0.1, 0.15) is 28.9 Å². The molecule has 0 aliphatic carbocycles. The number of nitrogens with two attached hydrogens (primary N) is 1. The quantitative estimate of drug-likeness (QED) is 0.0439. The molecule has 0 spiro atoms. The lowest BCUT2D eigenvalue weighted by molar-refractivity contribution is -0.150. The molecule has 2 atom stereocenters. The number of likely N-dealkylation sites (tertiary alicyclic amines) is 2. The number of hydrogen-bond donors (Lipinski definition) is 3. The molecule has 4 N–H and O–H groups in total. The first kappa shape index (κ1) is 40.0. The lowest BCUT2D eigenvalue weighted by Gasteiger charge is -2.49. The summed E-state index contributed by atoms with van der Waals surface area (Å²) in [6.45, 7) is 4.67. The number of anilines is 1. The molecule has 4 amide bonds. The van der Waals surface area contributed by atoms with Crippen molar-refractivity contribution in [2.45, 2.75) is 29.5 Å². The highest BCUT2D eigenvalue weighted by Gasteiger charge is 2.55. The van der Waals surface area contributed by atoms with Crippen LogP contribution in [0.2, 0.25) is 0 Å². The van der Waals surface area contributed by atoms with Crippen molar-refractivity contribution in [1.82, 2.24) is 29.4 Å². The van der Waals surface area contributed by atoms with Crippen LogP contribution in [0.15, 0.2) is 132 Å². The fourth-order valence-corrected chi connectivity index (χ4v) is 9.36. The number of hydrogen-bond acceptors (Lipinski definition) is 13. The molecule has 4 aromatic rings. The SMILES string of the molecule is C=CCOC(=O)N1CC(N2CCC(=CC3=C(C(=O)O)N4C(=O)[C@@H](NC(=O)C(=NOC(c5ccccc5)(c5ccccc5)c5ccccc5)c5nsc(N)n5)[C@H]4SC3)C2=O)C1. The molecule has 1 aromatic heterocycles. The van der Waals surface area contributed by atoms with E-state index in [1.807, 2.05) is 91.0 Å². The summed E-state index contributed by atoms with van der Waals surface area (Å²) in [5.74, 6) is -3.10. The summed E-state index contributed by atoms with van der Waals surface area (Å²) in [6.07, 6.45) is 2.90. The Morgan fingerprint density at radius 1 is 0.983 bits per heavy atom. The lowest BCUT2D eigenvalue weighted by atomic mass is 9.80. The number of carboxylic acid groups (broad SMARTS) is 1. The molecule has 3 fully saturated rings. The first-order valence-corrected chi connectivity index (χ1v) is 20.7. The van der Waals surface area contributed by atoms with Crippen molar-refractivity contribution in [2.75, 3.05) is 37.7 Å². The molecule has 0 saturated carbocycles. The Hall–Kier alpha value is -6.79. The zero-order chi connectivity index (χ0) is 42.0. The zero-order valence-corrected chi connectivity index (χ0v) is 33.5. The Morgan fingerprint density at radius 2 is 1.60 bits per heavy atom. The third-order valence-corrected chi connectivity index (χ3v) is 12.4. The van der Waals surface area contributed by atoms with Gasteiger partial charge in [-0.2, -0.15) is 9.36 Å². The largest absolute Gasteiger partial charge is 0.477 e. The van der Waals surface area contributed by atoms with E-state index in [1.54, 1.807) is 11.0 Å². The summed E-state index contributed by atoms with van der Waals surface area (Å²) < 4.78 is 9.31. The number of carbonyl (C=O) groups is 5. The van der Waals surface area contributed by atoms with Crippen molar-refractivity contribution in [2.24, 2.45) is 5.16 Å². The number of oxime groups is 1. The minimum absolute atomic E-state index is 0.0695. The predicted molar refractivity (Wildman–Crippen MR) is 222 cm³/mol. The predicted octanol–water partition coefficient (Wildman–Crippen LogP) is 3.74. The Morgan fingerprint density at radius 3 is 2.15 bits per heavy atom. The number of nitrogen functional groups attached to an aromatic ring is 1. The molecule has 60 heavy (non-hydrogen) atoms. The van der Waals surface area contributed by atoms with Crippen LogP contribution >= 0.6 is 23.3 Å². The van der Waals surface area contributed by atoms with Gasteiger partial charge in [-0.05, 0) is 18.1 Å². The minimum Gasteiger partial charge on any atom is -0.477 e. The molecule has 0 radical (unpaired) electrons. The number of benzene rings is 3. The maximum absolute atomic E-state index is 14.2. The van der Waals surface area contributed by atoms with Gasteiger partial charge in [0.15, 0.2) is 5.13 Å². The van der Waals surface area contributed by atoms with Crippen LogP contribution < -0.4 is 11.1 Å². The van der Waals surface area contributed by atoms with Crippen LogP contribution in [0.25, 0.3) is 0 Å². The Balaban J connectivity index is 1.04. The normalized spacial score (nSPS) is 20.0. The van der Waals surface area contributed by atoms with Gasteiger partial charge in [0, 0.05) is 59.2 Å². The van der Waals surface area contributed by atoms with Crippen molar-refractivity contribution < 1.29 is 38.7 Å². The number of fused-ring (bicyclic) bond motifs is 1. The van der Waals surface area contributed by atoms with Crippen LogP contribution in [-0.2, 0) is 34.4 Å². The summed E-state index contributed by atoms with van der Waals surface area (Å²) in [7, 11) is 0. The van der Waals surface area contributed by atoms with Gasteiger partial charge in [0.1, 0.15) is 23.7 Å². The zero-order valence-electron chi connectivity index (χ0n) is 31.9. The molecular weight excluding hydrogens is 809 g/mol. The van der Waals surface area contributed by atoms with E-state index in [-0.39, 0.29) is 46.7 Å². The van der Waals surface area contributed by atoms with Crippen LogP contribution in [0, 0.1) is 0 Å². The van der Waals surface area contributed by atoms with Crippen molar-refractivity contribution in [3.05, 3.63) is 149 Å². The van der Waals surface area contributed by atoms with Gasteiger partial charge in [-0.15, -0.1) is 11.8 Å². The van der Waals surface area contributed by atoms with Crippen molar-refractivity contribution in [1.29, 1.82) is 0 Å². The molecule has 4 aliphatic heterocycles. The van der Waals surface area contributed by atoms with Crippen LogP contribution in [-0.4, -0.2) is 114 Å². The molecule has 4 aliphatic rings. The molecule has 3 aromatic carbocycles. The molecule has 18 heteroatoms. The Labute approximate surface area is 352 Å². The summed E-state index contributed by atoms with van der Waals surface area (Å²) >= 11 is 2.10. The smallest absolute Gasteiger partial charge is 0.410 e. The van der Waals surface area contributed by atoms with E-state index in [4.69, 9.17) is 15.3 Å². The first-order chi connectivity index (χ1) is 29.1. The topological polar surface area (TPSA) is 210 Å². The Bertz CT molecular complexity index is 2340. The third kappa shape index (κ3) is 7.39. The Kier molecular flexibility index (Phi) is 11.2. The summed E-state index contributed by atoms with van der Waals surface area (Å²) in [6, 6.07) is 26.8. The number of aromatic nitrogens is 2. The molecule has 16 nitrogen and oxygen atoms in total. The van der Waals surface area contributed by atoms with Crippen LogP contribution in [0.4, 0.5) is 9.93 Å². The van der Waals surface area contributed by atoms with Gasteiger partial charge in [-0.1, -0.05) is 109 Å². The standard InChI is InChI=1S/C42H38N8O8S2/c1-2-20-57-41(56)48-22-30(23-48)49-19-18-25(36(49)52)21-26-24-59-38-32(37(53)50(38)33(26)39(54)55)44-35(51)31(34-45-40(43)60-47-34)46-58-42(27-12-6-3-7-13-27,28-14-8-4-9-15-28)29-16-10-5-11-17-29/h2-17,21,30,32,38H,1,18-20,22-24H2,(H,44,51)(H,54,55)(H2,43,45,47)/t32-,38-/m1/s1. The number of aliphatic carboxylic acids is 1. The van der Waals surface area contributed by atoms with Crippen molar-refractivity contribution in [3.63, 3.8) is 0 Å². The summed E-state index contributed by atoms with van der Waals surface area (Å²) in [4.78, 5) is 81.4. The number of β-lactam (4-membered cyclic amide) rings is 1. The average Bonchev–Trinajstić information content (AvgIpc) is 3.84. The number of amides is 4. The number of thioether (sulfide) groups is 1. The van der Waals surface area contributed by atoms with Gasteiger partial charge >= 0.3 is 12.1 Å². The fraction of sp³-hybridized carbons (Fsp3) is 0.238. The molecule has 3 saturated heterocycles. The molecule has 8 rings (SSSR count). The maximum Gasteiger partial charge on any atom is 0.410 e. The van der Waals surface area contributed by atoms with E-state index in [2.05, 4.69) is 26.4 Å². The highest BCUT2D eigenvalue weighted by molar-refractivity contribution is 8.00. The third-order valence-electron chi connectivity index (χ3n) is 10.6. The van der Waals surface area contributed by atoms with E-state index in [0.29, 0.717) is 53.9 Å². The minimum atomic E-state index is -1.36. The number of allylic oxidation sites excluding steroid dienone is 1. The summed E-state index contributed by atoms with van der Waals surface area (Å²) in [5, 5.41) is 16.8. The number of carbonyl (C=O) groups excluding carboxylic acids is 4. The average molecular weight is 847 g/mol. The second kappa shape index (κ2) is 16.8. The number of nitrogens with zero attached hydrogens (tertiary/aromatic N) is 6. The summed E-state index contributed by atoms with van der Waals surface area (Å²) in [5.41, 5.74) is 6.80. The maximum atomic E-state index is 14.2. The van der Waals surface area contributed by atoms with Gasteiger partial charge in [0.05, 0.1) is 6.04 Å². The highest BCUT2D eigenvalue weighted by atomic mass is 32.2. The van der Waals surface area contributed by atoms with Gasteiger partial charge in [-0.3, -0.25) is 19.3 Å². The van der Waals surface area contributed by atoms with Gasteiger partial charge in [0.25, 0.3) is 11.8 Å². The molecular formula is C42H38N8O8S2. The second-order valence-corrected chi connectivity index (χ2v) is 16.0. The van der Waals surface area contributed by atoms with Gasteiger partial charge in [0.2, 0.25) is 23.0 Å². The van der Waals surface area contributed by atoms with Crippen LogP contribution in [0.5, 0.6) is 0 Å². The van der Waals surface area contributed by atoms with E-state index in [9.17, 15) is 29.1 Å². The highest BCUT2D eigenvalue weighted by Crippen LogP contribution is 2.43. The fourth-order valence-electron chi connectivity index (χ4n) is 7.62. The number of ether oxygens (including phenoxy) is 1. The molecule has 0 bridgehead atoms. The van der Waals surface area contributed by atoms with E-state index >= 15 is 0 Å². The van der Waals surface area contributed by atoms with E-state index in [0.717, 1.165) is 16.4 Å². The molecule has 306 valence electrons. The van der Waals surface area contributed by atoms with Gasteiger partial charge < -0.3 is 35.5 Å². The molecule has 0 unspecified atom stereocenters.